The van der Waals surface area contributed by atoms with Crippen LogP contribution in [0.2, 0.25) is 0 Å². The molecule has 0 fully saturated rings. The molecule has 1 aromatic carbocycles. The van der Waals surface area contributed by atoms with E-state index in [1.54, 1.807) is 0 Å². The van der Waals surface area contributed by atoms with Crippen LogP contribution >= 0.6 is 11.8 Å². The van der Waals surface area contributed by atoms with Gasteiger partial charge in [-0.25, -0.2) is 0 Å². The van der Waals surface area contributed by atoms with Crippen LogP contribution in [0, 0.1) is 13.8 Å². The Hall–Kier alpha value is -2.55. The van der Waals surface area contributed by atoms with Crippen LogP contribution < -0.4 is 5.32 Å². The Morgan fingerprint density at radius 2 is 1.93 bits per heavy atom. The molecule has 2 heterocycles. The van der Waals surface area contributed by atoms with E-state index in [0.29, 0.717) is 5.65 Å². The minimum atomic E-state index is -4.46. The number of alkyl halides is 3. The van der Waals surface area contributed by atoms with Gasteiger partial charge in [-0.05, 0) is 49.6 Å². The smallest absolute Gasteiger partial charge is 0.349 e. The van der Waals surface area contributed by atoms with Gasteiger partial charge >= 0.3 is 6.18 Å². The molecule has 1 N–H and O–H groups in total. The van der Waals surface area contributed by atoms with Gasteiger partial charge in [0, 0.05) is 6.20 Å². The maximum atomic E-state index is 12.9. The zero-order valence-corrected chi connectivity index (χ0v) is 16.4. The van der Waals surface area contributed by atoms with Crippen molar-refractivity contribution >= 4 is 23.3 Å². The standard InChI is InChI=1S/C19H19F3N4OS/c1-11-4-5-14(8-12(11)2)13(3)23-17(27)10-28-18-25-24-16-7-6-15(9-26(16)18)19(20,21)22/h4-9,13H,10H2,1-3H3,(H,23,27). The number of pyridine rings is 1. The fourth-order valence-electron chi connectivity index (χ4n) is 2.67. The quantitative estimate of drug-likeness (QED) is 0.639. The van der Waals surface area contributed by atoms with Crippen molar-refractivity contribution in [2.45, 2.75) is 38.1 Å². The van der Waals surface area contributed by atoms with Crippen LogP contribution in [0.5, 0.6) is 0 Å². The molecule has 3 rings (SSSR count). The fraction of sp³-hybridized carbons (Fsp3) is 0.316. The summed E-state index contributed by atoms with van der Waals surface area (Å²) in [5, 5.41) is 10.8. The van der Waals surface area contributed by atoms with Crippen LogP contribution in [0.1, 0.15) is 35.2 Å². The Morgan fingerprint density at radius 3 is 2.61 bits per heavy atom. The largest absolute Gasteiger partial charge is 0.417 e. The fourth-order valence-corrected chi connectivity index (χ4v) is 3.39. The molecule has 0 aliphatic rings. The summed E-state index contributed by atoms with van der Waals surface area (Å²) in [6.07, 6.45) is -3.52. The molecule has 0 aliphatic heterocycles. The molecule has 0 aliphatic carbocycles. The van der Waals surface area contributed by atoms with Crippen molar-refractivity contribution in [2.75, 3.05) is 5.75 Å². The highest BCUT2D eigenvalue weighted by atomic mass is 32.2. The van der Waals surface area contributed by atoms with E-state index in [2.05, 4.69) is 15.5 Å². The number of hydrogen-bond donors (Lipinski definition) is 1. The predicted octanol–water partition coefficient (Wildman–Crippen LogP) is 4.33. The predicted molar refractivity (Wildman–Crippen MR) is 101 cm³/mol. The first-order valence-electron chi connectivity index (χ1n) is 8.56. The van der Waals surface area contributed by atoms with E-state index in [1.807, 2.05) is 39.0 Å². The van der Waals surface area contributed by atoms with Crippen LogP contribution in [0.3, 0.4) is 0 Å². The third-order valence-electron chi connectivity index (χ3n) is 4.44. The summed E-state index contributed by atoms with van der Waals surface area (Å²) in [4.78, 5) is 12.3. The zero-order chi connectivity index (χ0) is 20.5. The third-order valence-corrected chi connectivity index (χ3v) is 5.38. The van der Waals surface area contributed by atoms with E-state index in [0.717, 1.165) is 35.2 Å². The molecule has 148 valence electrons. The number of aromatic nitrogens is 3. The lowest BCUT2D eigenvalue weighted by Crippen LogP contribution is -2.28. The lowest BCUT2D eigenvalue weighted by molar-refractivity contribution is -0.137. The van der Waals surface area contributed by atoms with Gasteiger partial charge < -0.3 is 5.32 Å². The van der Waals surface area contributed by atoms with Crippen molar-refractivity contribution in [2.24, 2.45) is 0 Å². The van der Waals surface area contributed by atoms with E-state index in [9.17, 15) is 18.0 Å². The molecule has 0 spiro atoms. The molecule has 3 aromatic rings. The Labute approximate surface area is 164 Å². The highest BCUT2D eigenvalue weighted by Gasteiger charge is 2.31. The summed E-state index contributed by atoms with van der Waals surface area (Å²) in [6, 6.07) is 8.02. The number of rotatable bonds is 5. The van der Waals surface area contributed by atoms with Crippen LogP contribution in [-0.2, 0) is 11.0 Å². The number of carbonyl (C=O) groups is 1. The Morgan fingerprint density at radius 1 is 1.18 bits per heavy atom. The molecular weight excluding hydrogens is 389 g/mol. The monoisotopic (exact) mass is 408 g/mol. The van der Waals surface area contributed by atoms with Gasteiger partial charge in [0.1, 0.15) is 0 Å². The Bertz CT molecular complexity index is 1020. The average Bonchev–Trinajstić information content (AvgIpc) is 3.03. The number of hydrogen-bond acceptors (Lipinski definition) is 4. The normalized spacial score (nSPS) is 12.9. The third kappa shape index (κ3) is 4.46. The number of carbonyl (C=O) groups excluding carboxylic acids is 1. The molecule has 0 bridgehead atoms. The number of fused-ring (bicyclic) bond motifs is 1. The van der Waals surface area contributed by atoms with Crippen molar-refractivity contribution in [1.29, 1.82) is 0 Å². The van der Waals surface area contributed by atoms with Gasteiger partial charge in [0.2, 0.25) is 5.91 Å². The van der Waals surface area contributed by atoms with E-state index < -0.39 is 11.7 Å². The summed E-state index contributed by atoms with van der Waals surface area (Å²) in [5.74, 6) is -0.217. The van der Waals surface area contributed by atoms with E-state index in [-0.39, 0.29) is 22.9 Å². The van der Waals surface area contributed by atoms with Crippen LogP contribution in [0.15, 0.2) is 41.7 Å². The van der Waals surface area contributed by atoms with E-state index >= 15 is 0 Å². The summed E-state index contributed by atoms with van der Waals surface area (Å²) in [7, 11) is 0. The Kier molecular flexibility index (Phi) is 5.64. The van der Waals surface area contributed by atoms with Crippen LogP contribution in [0.4, 0.5) is 13.2 Å². The molecule has 2 aromatic heterocycles. The van der Waals surface area contributed by atoms with Gasteiger partial charge in [0.25, 0.3) is 0 Å². The molecule has 0 saturated carbocycles. The molecule has 28 heavy (non-hydrogen) atoms. The molecule has 5 nitrogen and oxygen atoms in total. The summed E-state index contributed by atoms with van der Waals surface area (Å²) in [5.41, 5.74) is 2.80. The van der Waals surface area contributed by atoms with Crippen LogP contribution in [0.25, 0.3) is 5.65 Å². The number of thioether (sulfide) groups is 1. The van der Waals surface area contributed by atoms with Crippen molar-refractivity contribution < 1.29 is 18.0 Å². The minimum absolute atomic E-state index is 0.0201. The second-order valence-electron chi connectivity index (χ2n) is 6.55. The minimum Gasteiger partial charge on any atom is -0.349 e. The average molecular weight is 408 g/mol. The summed E-state index contributed by atoms with van der Waals surface area (Å²) in [6.45, 7) is 5.91. The lowest BCUT2D eigenvalue weighted by atomic mass is 10.0. The summed E-state index contributed by atoms with van der Waals surface area (Å²) >= 11 is 1.04. The topological polar surface area (TPSA) is 59.3 Å². The second-order valence-corrected chi connectivity index (χ2v) is 7.49. The summed E-state index contributed by atoms with van der Waals surface area (Å²) < 4.78 is 39.9. The molecule has 1 amide bonds. The van der Waals surface area contributed by atoms with Gasteiger partial charge in [0.15, 0.2) is 10.8 Å². The molecule has 9 heteroatoms. The SMILES string of the molecule is Cc1ccc(C(C)NC(=O)CSc2nnc3ccc(C(F)(F)F)cn23)cc1C. The number of benzene rings is 1. The van der Waals surface area contributed by atoms with Gasteiger partial charge in [-0.2, -0.15) is 13.2 Å². The van der Waals surface area contributed by atoms with E-state index in [1.165, 1.54) is 16.0 Å². The number of nitrogens with one attached hydrogen (secondary N) is 1. The van der Waals surface area contributed by atoms with Crippen molar-refractivity contribution in [3.63, 3.8) is 0 Å². The molecule has 0 saturated heterocycles. The lowest BCUT2D eigenvalue weighted by Gasteiger charge is -2.15. The van der Waals surface area contributed by atoms with Crippen molar-refractivity contribution in [3.05, 3.63) is 58.8 Å². The van der Waals surface area contributed by atoms with E-state index in [4.69, 9.17) is 0 Å². The second kappa shape index (κ2) is 7.83. The molecule has 1 unspecified atom stereocenters. The number of nitrogens with zero attached hydrogens (tertiary/aromatic N) is 3. The van der Waals surface area contributed by atoms with Crippen molar-refractivity contribution in [3.8, 4) is 0 Å². The highest BCUT2D eigenvalue weighted by Crippen LogP contribution is 2.30. The maximum Gasteiger partial charge on any atom is 0.417 e. The maximum absolute atomic E-state index is 12.9. The van der Waals surface area contributed by atoms with Gasteiger partial charge in [-0.3, -0.25) is 9.20 Å². The molecular formula is C19H19F3N4OS. The first-order valence-corrected chi connectivity index (χ1v) is 9.55. The Balaban J connectivity index is 1.66. The van der Waals surface area contributed by atoms with Gasteiger partial charge in [-0.15, -0.1) is 10.2 Å². The number of amides is 1. The van der Waals surface area contributed by atoms with Gasteiger partial charge in [0.05, 0.1) is 17.4 Å². The number of halogens is 3. The first-order chi connectivity index (χ1) is 13.1. The zero-order valence-electron chi connectivity index (χ0n) is 15.5. The van der Waals surface area contributed by atoms with Gasteiger partial charge in [-0.1, -0.05) is 30.0 Å². The molecule has 1 atom stereocenters. The first kappa shape index (κ1) is 20.2. The van der Waals surface area contributed by atoms with Crippen LogP contribution in [-0.4, -0.2) is 26.3 Å². The number of aryl methyl sites for hydroxylation is 2. The molecule has 0 radical (unpaired) electrons. The highest BCUT2D eigenvalue weighted by molar-refractivity contribution is 7.99. The van der Waals surface area contributed by atoms with Crippen molar-refractivity contribution in [1.82, 2.24) is 19.9 Å².